The van der Waals surface area contributed by atoms with Gasteiger partial charge in [0.25, 0.3) is 0 Å². The summed E-state index contributed by atoms with van der Waals surface area (Å²) in [6, 6.07) is 11.8. The van der Waals surface area contributed by atoms with E-state index in [2.05, 4.69) is 11.1 Å². The minimum atomic E-state index is 0.519. The van der Waals surface area contributed by atoms with Gasteiger partial charge in [0.2, 0.25) is 0 Å². The number of benzene rings is 2. The molecule has 2 aromatic carbocycles. The molecule has 0 radical (unpaired) electrons. The molecular weight excluding hydrogens is 318 g/mol. The first kappa shape index (κ1) is 14.9. The number of nitrogens with zero attached hydrogens (tertiary/aromatic N) is 1. The zero-order chi connectivity index (χ0) is 15.5. The highest BCUT2D eigenvalue weighted by molar-refractivity contribution is 7.19. The van der Waals surface area contributed by atoms with Crippen LogP contribution in [-0.2, 0) is 0 Å². The molecule has 3 nitrogen and oxygen atoms in total. The molecule has 0 aliphatic heterocycles. The van der Waals surface area contributed by atoms with Gasteiger partial charge < -0.3 is 9.47 Å². The number of rotatable bonds is 4. The Balaban J connectivity index is 1.93. The summed E-state index contributed by atoms with van der Waals surface area (Å²) in [6.45, 7) is 0. The maximum Gasteiger partial charge on any atom is 0.179 e. The highest BCUT2D eigenvalue weighted by atomic mass is 35.5. The molecule has 1 heterocycles. The van der Waals surface area contributed by atoms with Gasteiger partial charge in [0.05, 0.1) is 29.5 Å². The Bertz CT molecular complexity index is 809. The van der Waals surface area contributed by atoms with Crippen LogP contribution in [0.4, 0.5) is 0 Å². The molecule has 0 atom stereocenters. The van der Waals surface area contributed by atoms with E-state index in [4.69, 9.17) is 21.1 Å². The number of fused-ring (bicyclic) bond motifs is 1. The number of methoxy groups -OCH3 is 2. The van der Waals surface area contributed by atoms with Gasteiger partial charge in [0.15, 0.2) is 11.5 Å². The van der Waals surface area contributed by atoms with Crippen LogP contribution in [0.15, 0.2) is 36.4 Å². The highest BCUT2D eigenvalue weighted by Gasteiger charge is 2.09. The fourth-order valence-electron chi connectivity index (χ4n) is 2.16. The summed E-state index contributed by atoms with van der Waals surface area (Å²) in [7, 11) is 3.16. The van der Waals surface area contributed by atoms with Crippen molar-refractivity contribution in [2.75, 3.05) is 14.2 Å². The maximum atomic E-state index is 6.21. The molecule has 0 N–H and O–H groups in total. The monoisotopic (exact) mass is 331 g/mol. The molecule has 0 saturated heterocycles. The Hall–Kier alpha value is -2.04. The van der Waals surface area contributed by atoms with E-state index >= 15 is 0 Å². The zero-order valence-electron chi connectivity index (χ0n) is 12.2. The van der Waals surface area contributed by atoms with Crippen molar-refractivity contribution in [2.24, 2.45) is 0 Å². The summed E-state index contributed by atoms with van der Waals surface area (Å²) >= 11 is 7.86. The molecule has 112 valence electrons. The topological polar surface area (TPSA) is 31.4 Å². The number of halogens is 1. The second kappa shape index (κ2) is 6.38. The average Bonchev–Trinajstić information content (AvgIpc) is 2.95. The molecule has 0 aliphatic rings. The molecule has 1 aromatic heterocycles. The van der Waals surface area contributed by atoms with Crippen LogP contribution in [-0.4, -0.2) is 19.2 Å². The summed E-state index contributed by atoms with van der Waals surface area (Å²) in [5.74, 6) is 1.15. The number of hydrogen-bond acceptors (Lipinski definition) is 4. The number of hydrogen-bond donors (Lipinski definition) is 0. The molecule has 0 saturated carbocycles. The van der Waals surface area contributed by atoms with Crippen LogP contribution < -0.4 is 9.47 Å². The molecule has 3 rings (SSSR count). The minimum Gasteiger partial charge on any atom is -0.493 e. The predicted molar refractivity (Wildman–Crippen MR) is 93.1 cm³/mol. The third kappa shape index (κ3) is 2.93. The molecule has 5 heteroatoms. The fraction of sp³-hybridized carbons (Fsp3) is 0.118. The van der Waals surface area contributed by atoms with E-state index in [9.17, 15) is 0 Å². The van der Waals surface area contributed by atoms with Gasteiger partial charge in [-0.1, -0.05) is 29.8 Å². The Morgan fingerprint density at radius 1 is 1.09 bits per heavy atom. The normalized spacial score (nSPS) is 11.2. The SMILES string of the molecule is COc1cc(/C=C/c2nc3ccccc3s2)cc(Cl)c1OC. The molecule has 0 spiro atoms. The molecule has 0 bridgehead atoms. The largest absolute Gasteiger partial charge is 0.493 e. The lowest BCUT2D eigenvalue weighted by Gasteiger charge is -2.10. The quantitative estimate of drug-likeness (QED) is 0.663. The van der Waals surface area contributed by atoms with Gasteiger partial charge >= 0.3 is 0 Å². The smallest absolute Gasteiger partial charge is 0.179 e. The van der Waals surface area contributed by atoms with Crippen LogP contribution in [0.25, 0.3) is 22.4 Å². The van der Waals surface area contributed by atoms with E-state index in [1.165, 1.54) is 4.70 Å². The van der Waals surface area contributed by atoms with Crippen molar-refractivity contribution in [3.05, 3.63) is 52.0 Å². The second-order valence-corrected chi connectivity index (χ2v) is 6.06. The van der Waals surface area contributed by atoms with E-state index in [1.54, 1.807) is 25.6 Å². The average molecular weight is 332 g/mol. The standard InChI is InChI=1S/C17H14ClNO2S/c1-20-14-10-11(9-12(18)17(14)21-2)7-8-16-19-13-5-3-4-6-15(13)22-16/h3-10H,1-2H3/b8-7+. The van der Waals surface area contributed by atoms with Gasteiger partial charge in [-0.3, -0.25) is 0 Å². The predicted octanol–water partition coefficient (Wildman–Crippen LogP) is 5.14. The minimum absolute atomic E-state index is 0.519. The van der Waals surface area contributed by atoms with Crippen LogP contribution in [0.3, 0.4) is 0 Å². The van der Waals surface area contributed by atoms with Gasteiger partial charge in [0.1, 0.15) is 5.01 Å². The van der Waals surface area contributed by atoms with Crippen molar-refractivity contribution in [3.63, 3.8) is 0 Å². The third-order valence-corrected chi connectivity index (χ3v) is 4.47. The van der Waals surface area contributed by atoms with Gasteiger partial charge in [0, 0.05) is 0 Å². The number of aromatic nitrogens is 1. The Labute approximate surface area is 137 Å². The molecule has 0 unspecified atom stereocenters. The van der Waals surface area contributed by atoms with E-state index in [1.807, 2.05) is 42.5 Å². The van der Waals surface area contributed by atoms with Gasteiger partial charge in [-0.25, -0.2) is 4.98 Å². The molecule has 22 heavy (non-hydrogen) atoms. The summed E-state index contributed by atoms with van der Waals surface area (Å²) in [6.07, 6.45) is 3.94. The molecule has 0 fully saturated rings. The van der Waals surface area contributed by atoms with Crippen molar-refractivity contribution < 1.29 is 9.47 Å². The summed E-state index contributed by atoms with van der Waals surface area (Å²) in [4.78, 5) is 4.57. The summed E-state index contributed by atoms with van der Waals surface area (Å²) in [5, 5.41) is 1.47. The van der Waals surface area contributed by atoms with Crippen molar-refractivity contribution in [3.8, 4) is 11.5 Å². The Kier molecular flexibility index (Phi) is 4.32. The van der Waals surface area contributed by atoms with Gasteiger partial charge in [-0.2, -0.15) is 0 Å². The highest BCUT2D eigenvalue weighted by Crippen LogP contribution is 2.36. The molecule has 0 amide bonds. The van der Waals surface area contributed by atoms with Crippen LogP contribution in [0, 0.1) is 0 Å². The number of para-hydroxylation sites is 1. The zero-order valence-corrected chi connectivity index (χ0v) is 13.7. The third-order valence-electron chi connectivity index (χ3n) is 3.18. The lowest BCUT2D eigenvalue weighted by atomic mass is 10.2. The van der Waals surface area contributed by atoms with E-state index in [-0.39, 0.29) is 0 Å². The first-order chi connectivity index (χ1) is 10.7. The lowest BCUT2D eigenvalue weighted by Crippen LogP contribution is -1.92. The maximum absolute atomic E-state index is 6.21. The van der Waals surface area contributed by atoms with E-state index in [0.29, 0.717) is 16.5 Å². The number of ether oxygens (including phenoxy) is 2. The van der Waals surface area contributed by atoms with Crippen LogP contribution >= 0.6 is 22.9 Å². The van der Waals surface area contributed by atoms with Crippen LogP contribution in [0.1, 0.15) is 10.6 Å². The van der Waals surface area contributed by atoms with Crippen LogP contribution in [0.2, 0.25) is 5.02 Å². The van der Waals surface area contributed by atoms with Crippen molar-refractivity contribution >= 4 is 45.3 Å². The summed E-state index contributed by atoms with van der Waals surface area (Å²) in [5.41, 5.74) is 1.94. The van der Waals surface area contributed by atoms with Crippen LogP contribution in [0.5, 0.6) is 11.5 Å². The van der Waals surface area contributed by atoms with E-state index in [0.717, 1.165) is 16.1 Å². The van der Waals surface area contributed by atoms with Gasteiger partial charge in [-0.05, 0) is 35.9 Å². The number of thiazole rings is 1. The second-order valence-electron chi connectivity index (χ2n) is 4.59. The fourth-order valence-corrected chi connectivity index (χ4v) is 3.33. The summed E-state index contributed by atoms with van der Waals surface area (Å²) < 4.78 is 11.7. The first-order valence-corrected chi connectivity index (χ1v) is 7.86. The molecule has 0 aliphatic carbocycles. The molecular formula is C17H14ClNO2S. The van der Waals surface area contributed by atoms with E-state index < -0.39 is 0 Å². The first-order valence-electron chi connectivity index (χ1n) is 6.66. The van der Waals surface area contributed by atoms with Crippen molar-refractivity contribution in [1.82, 2.24) is 4.98 Å². The van der Waals surface area contributed by atoms with Crippen molar-refractivity contribution in [1.29, 1.82) is 0 Å². The Morgan fingerprint density at radius 3 is 2.64 bits per heavy atom. The van der Waals surface area contributed by atoms with Gasteiger partial charge in [-0.15, -0.1) is 11.3 Å². The van der Waals surface area contributed by atoms with Crippen molar-refractivity contribution in [2.45, 2.75) is 0 Å². The lowest BCUT2D eigenvalue weighted by molar-refractivity contribution is 0.355. The Morgan fingerprint density at radius 2 is 1.91 bits per heavy atom. The molecule has 3 aromatic rings.